The fraction of sp³-hybridized carbons (Fsp3) is 0.346. The van der Waals surface area contributed by atoms with E-state index in [0.717, 1.165) is 22.5 Å². The second-order valence-electron chi connectivity index (χ2n) is 10.7. The number of rotatable bonds is 7. The highest BCUT2D eigenvalue weighted by atomic mass is 32.3. The van der Waals surface area contributed by atoms with Gasteiger partial charge in [-0.3, -0.25) is 5.41 Å². The van der Waals surface area contributed by atoms with Crippen molar-refractivity contribution in [3.8, 4) is 0 Å². The molecule has 200 valence electrons. The number of hydrogen-bond donors (Lipinski definition) is 2. The average Bonchev–Trinajstić information content (AvgIpc) is 3.21. The summed E-state index contributed by atoms with van der Waals surface area (Å²) in [4.78, 5) is -0.0306. The van der Waals surface area contributed by atoms with Crippen molar-refractivity contribution in [1.29, 1.82) is 5.41 Å². The fourth-order valence-corrected chi connectivity index (χ4v) is 9.23. The van der Waals surface area contributed by atoms with E-state index in [1.165, 1.54) is 42.1 Å². The highest BCUT2D eigenvalue weighted by molar-refractivity contribution is 8.10. The molecule has 0 bridgehead atoms. The molecule has 0 aliphatic carbocycles. The van der Waals surface area contributed by atoms with Gasteiger partial charge in [0.05, 0.1) is 24.6 Å². The van der Waals surface area contributed by atoms with Gasteiger partial charge in [0, 0.05) is 0 Å². The van der Waals surface area contributed by atoms with Crippen LogP contribution in [0.25, 0.3) is 0 Å². The van der Waals surface area contributed by atoms with Gasteiger partial charge in [-0.15, -0.1) is 23.1 Å². The Morgan fingerprint density at radius 2 is 1.19 bits per heavy atom. The second kappa shape index (κ2) is 10.1. The minimum atomic E-state index is -4.58. The van der Waals surface area contributed by atoms with Crippen LogP contribution < -0.4 is 9.44 Å². The van der Waals surface area contributed by atoms with Crippen molar-refractivity contribution < 1.29 is 16.8 Å². The summed E-state index contributed by atoms with van der Waals surface area (Å²) in [7, 11) is -9.16. The number of benzene rings is 2. The first-order valence-corrected chi connectivity index (χ1v) is 16.4. The van der Waals surface area contributed by atoms with Crippen LogP contribution in [0.5, 0.6) is 0 Å². The Morgan fingerprint density at radius 1 is 0.811 bits per heavy atom. The van der Waals surface area contributed by atoms with E-state index < -0.39 is 20.0 Å². The van der Waals surface area contributed by atoms with Gasteiger partial charge in [0.1, 0.15) is 5.84 Å². The summed E-state index contributed by atoms with van der Waals surface area (Å²) < 4.78 is 57.1. The molecular weight excluding hydrogens is 547 g/mol. The molecule has 37 heavy (non-hydrogen) atoms. The number of thioether (sulfide) groups is 1. The third kappa shape index (κ3) is 5.89. The SMILES string of the molecule is CSc1sc(C(=N)N)cc1N(S(=O)(=O)c1ccc(C(C)(C)C)cc1)S(=O)(=O)c1ccc(C(C)(C)C)cc1. The number of thiophene rings is 1. The third-order valence-electron chi connectivity index (χ3n) is 5.80. The molecule has 0 unspecified atom stereocenters. The maximum atomic E-state index is 14.0. The van der Waals surface area contributed by atoms with Crippen LogP contribution in [0.4, 0.5) is 5.69 Å². The van der Waals surface area contributed by atoms with Crippen molar-refractivity contribution in [3.05, 3.63) is 70.6 Å². The van der Waals surface area contributed by atoms with E-state index in [4.69, 9.17) is 11.1 Å². The van der Waals surface area contributed by atoms with Crippen LogP contribution in [0.3, 0.4) is 0 Å². The quantitative estimate of drug-likeness (QED) is 0.203. The maximum Gasteiger partial charge on any atom is 0.277 e. The van der Waals surface area contributed by atoms with Gasteiger partial charge in [0.25, 0.3) is 20.0 Å². The van der Waals surface area contributed by atoms with Crippen molar-refractivity contribution in [2.45, 2.75) is 66.4 Å². The highest BCUT2D eigenvalue weighted by Crippen LogP contribution is 2.42. The Balaban J connectivity index is 2.28. The normalized spacial score (nSPS) is 12.9. The van der Waals surface area contributed by atoms with Gasteiger partial charge in [-0.2, -0.15) is 3.71 Å². The predicted octanol–water partition coefficient (Wildman–Crippen LogP) is 5.93. The van der Waals surface area contributed by atoms with Crippen molar-refractivity contribution in [3.63, 3.8) is 0 Å². The van der Waals surface area contributed by atoms with Gasteiger partial charge in [-0.05, 0) is 58.5 Å². The van der Waals surface area contributed by atoms with Gasteiger partial charge in [0.2, 0.25) is 0 Å². The summed E-state index contributed by atoms with van der Waals surface area (Å²) in [5.74, 6) is -0.273. The van der Waals surface area contributed by atoms with E-state index in [1.54, 1.807) is 30.5 Å². The molecule has 0 atom stereocenters. The Hall–Kier alpha value is -2.34. The number of amidine groups is 1. The molecule has 0 saturated carbocycles. The number of nitrogens with two attached hydrogens (primary N) is 1. The fourth-order valence-electron chi connectivity index (χ4n) is 3.60. The van der Waals surface area contributed by atoms with Crippen LogP contribution in [-0.4, -0.2) is 28.9 Å². The van der Waals surface area contributed by atoms with Crippen LogP contribution in [-0.2, 0) is 30.9 Å². The lowest BCUT2D eigenvalue weighted by molar-refractivity contribution is 0.579. The molecule has 7 nitrogen and oxygen atoms in total. The predicted molar refractivity (Wildman–Crippen MR) is 154 cm³/mol. The smallest absolute Gasteiger partial charge is 0.277 e. The molecule has 3 rings (SSSR count). The van der Waals surface area contributed by atoms with E-state index in [-0.39, 0.29) is 37.0 Å². The van der Waals surface area contributed by atoms with Crippen LogP contribution >= 0.6 is 23.1 Å². The monoisotopic (exact) mass is 579 g/mol. The first kappa shape index (κ1) is 29.2. The summed E-state index contributed by atoms with van der Waals surface area (Å²) >= 11 is 2.26. The molecule has 0 aliphatic heterocycles. The van der Waals surface area contributed by atoms with Crippen molar-refractivity contribution >= 4 is 54.7 Å². The van der Waals surface area contributed by atoms with Gasteiger partial charge in [-0.1, -0.05) is 65.8 Å². The maximum absolute atomic E-state index is 14.0. The van der Waals surface area contributed by atoms with E-state index in [1.807, 2.05) is 41.5 Å². The van der Waals surface area contributed by atoms with Gasteiger partial charge < -0.3 is 5.73 Å². The van der Waals surface area contributed by atoms with E-state index in [2.05, 4.69) is 0 Å². The van der Waals surface area contributed by atoms with Crippen molar-refractivity contribution in [2.24, 2.45) is 5.73 Å². The molecule has 2 aromatic carbocycles. The summed E-state index contributed by atoms with van der Waals surface area (Å²) in [5, 5.41) is 7.83. The largest absolute Gasteiger partial charge is 0.383 e. The molecule has 0 spiro atoms. The molecule has 1 heterocycles. The summed E-state index contributed by atoms with van der Waals surface area (Å²) in [6.07, 6.45) is 1.72. The Labute approximate surface area is 228 Å². The van der Waals surface area contributed by atoms with Crippen LogP contribution in [0.15, 0.2) is 68.6 Å². The number of hydrogen-bond acceptors (Lipinski definition) is 7. The number of nitrogens with zero attached hydrogens (tertiary/aromatic N) is 1. The average molecular weight is 580 g/mol. The Kier molecular flexibility index (Phi) is 7.97. The van der Waals surface area contributed by atoms with Gasteiger partial charge in [0.15, 0.2) is 0 Å². The Morgan fingerprint density at radius 3 is 1.49 bits per heavy atom. The first-order chi connectivity index (χ1) is 16.9. The molecule has 3 aromatic rings. The summed E-state index contributed by atoms with van der Waals surface area (Å²) in [5.41, 5.74) is 7.03. The zero-order chi connectivity index (χ0) is 28.0. The number of anilines is 1. The standard InChI is InChI=1S/C26H33N3O4S4/c1-25(2,3)17-8-12-19(13-9-17)36(30,31)29(21-16-22(23(27)28)35-24(21)34-7)37(32,33)20-14-10-18(11-15-20)26(4,5)6/h8-16H,1-7H3,(H3,27,28). The van der Waals surface area contributed by atoms with E-state index in [9.17, 15) is 16.8 Å². The van der Waals surface area contributed by atoms with Crippen LogP contribution in [0, 0.1) is 5.41 Å². The molecule has 0 radical (unpaired) electrons. The summed E-state index contributed by atoms with van der Waals surface area (Å²) in [6.45, 7) is 12.0. The highest BCUT2D eigenvalue weighted by Gasteiger charge is 2.39. The molecule has 11 heteroatoms. The number of sulfonamides is 2. The molecule has 0 saturated heterocycles. The van der Waals surface area contributed by atoms with Crippen molar-refractivity contribution in [1.82, 2.24) is 0 Å². The third-order valence-corrected chi connectivity index (χ3v) is 12.3. The van der Waals surface area contributed by atoms with E-state index in [0.29, 0.717) is 7.92 Å². The number of nitrogens with one attached hydrogen (secondary N) is 1. The van der Waals surface area contributed by atoms with Gasteiger partial charge >= 0.3 is 0 Å². The number of nitrogen functional groups attached to an aromatic ring is 1. The second-order valence-corrected chi connectivity index (χ2v) is 16.6. The minimum absolute atomic E-state index is 0.0532. The lowest BCUT2D eigenvalue weighted by atomic mass is 9.87. The molecule has 1 aromatic heterocycles. The van der Waals surface area contributed by atoms with Crippen LogP contribution in [0.2, 0.25) is 0 Å². The lowest BCUT2D eigenvalue weighted by Crippen LogP contribution is -2.37. The molecule has 3 N–H and O–H groups in total. The molecular formula is C26H33N3O4S4. The topological polar surface area (TPSA) is 121 Å². The summed E-state index contributed by atoms with van der Waals surface area (Å²) in [6, 6.07) is 13.8. The molecule has 0 aliphatic rings. The lowest BCUT2D eigenvalue weighted by Gasteiger charge is -2.25. The molecule has 0 amide bonds. The molecule has 0 fully saturated rings. The first-order valence-electron chi connectivity index (χ1n) is 11.4. The van der Waals surface area contributed by atoms with Crippen molar-refractivity contribution in [2.75, 3.05) is 9.97 Å². The minimum Gasteiger partial charge on any atom is -0.383 e. The zero-order valence-electron chi connectivity index (χ0n) is 22.0. The Bertz CT molecular complexity index is 1420. The van der Waals surface area contributed by atoms with Gasteiger partial charge in [-0.25, -0.2) is 16.8 Å². The van der Waals surface area contributed by atoms with Crippen LogP contribution in [0.1, 0.15) is 57.5 Å². The zero-order valence-corrected chi connectivity index (χ0v) is 25.3. The van der Waals surface area contributed by atoms with E-state index >= 15 is 0 Å².